The molecule has 0 N–H and O–H groups in total. The van der Waals surface area contributed by atoms with Crippen LogP contribution >= 0.6 is 0 Å². The lowest BCUT2D eigenvalue weighted by Crippen LogP contribution is -2.34. The van der Waals surface area contributed by atoms with Gasteiger partial charge in [-0.05, 0) is 50.6 Å². The molecule has 2 nitrogen and oxygen atoms in total. The lowest BCUT2D eigenvalue weighted by Gasteiger charge is -2.26. The minimum atomic E-state index is -1.47. The van der Waals surface area contributed by atoms with E-state index in [0.29, 0.717) is 0 Å². The lowest BCUT2D eigenvalue weighted by atomic mass is 10.1. The van der Waals surface area contributed by atoms with Gasteiger partial charge in [-0.3, -0.25) is 9.98 Å². The van der Waals surface area contributed by atoms with Gasteiger partial charge in [0.05, 0.1) is 8.07 Å². The van der Waals surface area contributed by atoms with Crippen LogP contribution in [0.4, 0.5) is 0 Å². The number of nitrogens with zero attached hydrogens (tertiary/aromatic N) is 2. The van der Waals surface area contributed by atoms with Crippen molar-refractivity contribution in [3.05, 3.63) is 12.3 Å². The lowest BCUT2D eigenvalue weighted by molar-refractivity contribution is 0.642. The maximum atomic E-state index is 4.91. The van der Waals surface area contributed by atoms with Crippen LogP contribution in [-0.4, -0.2) is 32.6 Å². The van der Waals surface area contributed by atoms with Crippen LogP contribution in [-0.2, 0) is 0 Å². The van der Waals surface area contributed by atoms with E-state index in [0.717, 1.165) is 13.1 Å². The summed E-state index contributed by atoms with van der Waals surface area (Å²) in [5.41, 5.74) is 5.27. The van der Waals surface area contributed by atoms with E-state index in [-0.39, 0.29) is 0 Å². The molecule has 2 aliphatic rings. The van der Waals surface area contributed by atoms with E-state index < -0.39 is 8.07 Å². The minimum Gasteiger partial charge on any atom is -0.294 e. The smallest absolute Gasteiger partial charge is 0.0850 e. The minimum absolute atomic E-state index is 1.05. The van der Waals surface area contributed by atoms with Gasteiger partial charge in [0.2, 0.25) is 0 Å². The van der Waals surface area contributed by atoms with Gasteiger partial charge in [0.25, 0.3) is 0 Å². The zero-order valence-corrected chi connectivity index (χ0v) is 15.6. The second kappa shape index (κ2) is 9.44. The average Bonchev–Trinajstić information content (AvgIpc) is 2.45. The molecule has 124 valence electrons. The molecule has 2 heterocycles. The predicted octanol–water partition coefficient (Wildman–Crippen LogP) is 5.60. The molecule has 0 aromatic rings. The first kappa shape index (κ1) is 17.6. The van der Waals surface area contributed by atoms with Gasteiger partial charge in [-0.1, -0.05) is 32.2 Å². The maximum Gasteiger partial charge on any atom is 0.0850 e. The highest BCUT2D eigenvalue weighted by Gasteiger charge is 2.27. The monoisotopic (exact) mass is 318 g/mol. The van der Waals surface area contributed by atoms with Gasteiger partial charge in [-0.2, -0.15) is 0 Å². The third-order valence-corrected chi connectivity index (χ3v) is 8.54. The molecule has 0 radical (unpaired) electrons. The normalized spacial score (nSPS) is 23.9. The largest absolute Gasteiger partial charge is 0.294 e. The molecule has 0 aromatic carbocycles. The molecule has 2 rings (SSSR count). The van der Waals surface area contributed by atoms with Gasteiger partial charge in [-0.25, -0.2) is 0 Å². The van der Waals surface area contributed by atoms with Crippen LogP contribution in [0.1, 0.15) is 64.2 Å². The van der Waals surface area contributed by atoms with E-state index in [1.807, 2.05) is 0 Å². The van der Waals surface area contributed by atoms with E-state index in [4.69, 9.17) is 9.98 Å². The first-order valence-corrected chi connectivity index (χ1v) is 12.4. The topological polar surface area (TPSA) is 24.7 Å². The third-order valence-electron chi connectivity index (χ3n) is 5.13. The van der Waals surface area contributed by atoms with Crippen molar-refractivity contribution < 1.29 is 0 Å². The Kier molecular flexibility index (Phi) is 7.57. The van der Waals surface area contributed by atoms with Crippen molar-refractivity contribution in [2.45, 2.75) is 82.8 Å². The van der Waals surface area contributed by atoms with Crippen molar-refractivity contribution in [3.8, 4) is 0 Å². The van der Waals surface area contributed by atoms with Gasteiger partial charge in [-0.15, -0.1) is 12.3 Å². The highest BCUT2D eigenvalue weighted by atomic mass is 28.3. The van der Waals surface area contributed by atoms with Crippen molar-refractivity contribution in [1.29, 1.82) is 0 Å². The second-order valence-electron chi connectivity index (χ2n) is 7.44. The molecule has 0 amide bonds. The summed E-state index contributed by atoms with van der Waals surface area (Å²) in [5, 5.41) is 0. The summed E-state index contributed by atoms with van der Waals surface area (Å²) in [7, 11) is -1.47. The summed E-state index contributed by atoms with van der Waals surface area (Å²) in [6.07, 6.45) is 13.2. The zero-order valence-electron chi connectivity index (χ0n) is 14.6. The molecule has 0 fully saturated rings. The standard InChI is InChI=1S/C19H34N2Si/c1-3-22(2,16-18-12-8-4-6-10-14-20-18)17-19-13-9-5-7-11-15-21-19/h3H,1,4-17H2,2H3. The highest BCUT2D eigenvalue weighted by Crippen LogP contribution is 2.24. The Morgan fingerprint density at radius 1 is 0.818 bits per heavy atom. The highest BCUT2D eigenvalue weighted by molar-refractivity contribution is 6.88. The summed E-state index contributed by atoms with van der Waals surface area (Å²) < 4.78 is 0. The first-order valence-electron chi connectivity index (χ1n) is 9.40. The van der Waals surface area contributed by atoms with Crippen LogP contribution in [0, 0.1) is 0 Å². The van der Waals surface area contributed by atoms with Crippen molar-refractivity contribution >= 4 is 19.5 Å². The van der Waals surface area contributed by atoms with Crippen LogP contribution in [0.15, 0.2) is 22.3 Å². The summed E-state index contributed by atoms with van der Waals surface area (Å²) >= 11 is 0. The molecule has 0 spiro atoms. The van der Waals surface area contributed by atoms with Crippen LogP contribution in [0.25, 0.3) is 0 Å². The molecular formula is C19H34N2Si. The molecule has 0 atom stereocenters. The Balaban J connectivity index is 1.98. The van der Waals surface area contributed by atoms with Gasteiger partial charge >= 0.3 is 0 Å². The first-order chi connectivity index (χ1) is 10.7. The van der Waals surface area contributed by atoms with Gasteiger partial charge in [0.1, 0.15) is 0 Å². The van der Waals surface area contributed by atoms with Crippen LogP contribution in [0.5, 0.6) is 0 Å². The Morgan fingerprint density at radius 2 is 1.27 bits per heavy atom. The number of rotatable bonds is 5. The van der Waals surface area contributed by atoms with E-state index in [2.05, 4.69) is 18.8 Å². The fraction of sp³-hybridized carbons (Fsp3) is 0.789. The molecule has 0 unspecified atom stereocenters. The van der Waals surface area contributed by atoms with Crippen LogP contribution in [0.3, 0.4) is 0 Å². The molecule has 0 bridgehead atoms. The van der Waals surface area contributed by atoms with Gasteiger partial charge in [0.15, 0.2) is 0 Å². The predicted molar refractivity (Wildman–Crippen MR) is 102 cm³/mol. The molecule has 0 saturated heterocycles. The van der Waals surface area contributed by atoms with E-state index in [1.165, 1.54) is 87.7 Å². The summed E-state index contributed by atoms with van der Waals surface area (Å²) in [6, 6.07) is 2.44. The summed E-state index contributed by atoms with van der Waals surface area (Å²) in [4.78, 5) is 9.81. The molecule has 0 saturated carbocycles. The Morgan fingerprint density at radius 3 is 1.73 bits per heavy atom. The van der Waals surface area contributed by atoms with Crippen LogP contribution in [0.2, 0.25) is 18.6 Å². The molecule has 0 aromatic heterocycles. The zero-order chi connectivity index (χ0) is 15.7. The number of hydrogen-bond acceptors (Lipinski definition) is 2. The summed E-state index contributed by atoms with van der Waals surface area (Å²) in [5.74, 6) is 0. The van der Waals surface area contributed by atoms with Crippen molar-refractivity contribution in [2.75, 3.05) is 13.1 Å². The SMILES string of the molecule is C=C[Si](C)(CC1=NCCCCCC1)CC1=NCCCCCC1. The van der Waals surface area contributed by atoms with Crippen molar-refractivity contribution in [1.82, 2.24) is 0 Å². The van der Waals surface area contributed by atoms with E-state index in [1.54, 1.807) is 0 Å². The fourth-order valence-corrected chi connectivity index (χ4v) is 6.50. The second-order valence-corrected chi connectivity index (χ2v) is 11.9. The Bertz CT molecular complexity index is 380. The van der Waals surface area contributed by atoms with Crippen molar-refractivity contribution in [2.24, 2.45) is 9.98 Å². The Hall–Kier alpha value is -0.703. The molecule has 22 heavy (non-hydrogen) atoms. The van der Waals surface area contributed by atoms with Crippen molar-refractivity contribution in [3.63, 3.8) is 0 Å². The average molecular weight is 319 g/mol. The number of hydrogen-bond donors (Lipinski definition) is 0. The van der Waals surface area contributed by atoms with Gasteiger partial charge in [0, 0.05) is 24.5 Å². The Labute approximate surface area is 138 Å². The van der Waals surface area contributed by atoms with Gasteiger partial charge < -0.3 is 0 Å². The molecule has 0 aliphatic carbocycles. The van der Waals surface area contributed by atoms with E-state index in [9.17, 15) is 0 Å². The molecular weight excluding hydrogens is 284 g/mol. The third kappa shape index (κ3) is 6.19. The summed E-state index contributed by atoms with van der Waals surface area (Å²) in [6.45, 7) is 8.80. The van der Waals surface area contributed by atoms with Crippen LogP contribution < -0.4 is 0 Å². The molecule has 3 heteroatoms. The quantitative estimate of drug-likeness (QED) is 0.589. The van der Waals surface area contributed by atoms with E-state index >= 15 is 0 Å². The fourth-order valence-electron chi connectivity index (χ4n) is 3.65. The maximum absolute atomic E-state index is 4.91. The number of aliphatic imine (C=N–C) groups is 2. The molecule has 2 aliphatic heterocycles.